The van der Waals surface area contributed by atoms with Gasteiger partial charge in [0.05, 0.1) is 6.61 Å². The molecule has 0 unspecified atom stereocenters. The summed E-state index contributed by atoms with van der Waals surface area (Å²) in [7, 11) is 0. The van der Waals surface area contributed by atoms with Gasteiger partial charge in [0.2, 0.25) is 5.82 Å². The van der Waals surface area contributed by atoms with Gasteiger partial charge < -0.3 is 9.15 Å². The predicted molar refractivity (Wildman–Crippen MR) is 69.5 cm³/mol. The lowest BCUT2D eigenvalue weighted by Crippen LogP contribution is -1.94. The summed E-state index contributed by atoms with van der Waals surface area (Å²) < 4.78 is 38.7. The summed E-state index contributed by atoms with van der Waals surface area (Å²) in [5, 5.41) is 1.12. The highest BCUT2D eigenvalue weighted by Gasteiger charge is 2.18. The first-order valence-corrected chi connectivity index (χ1v) is 6.06. The molecule has 98 valence electrons. The Kier molecular flexibility index (Phi) is 2.66. The van der Waals surface area contributed by atoms with E-state index in [0.717, 1.165) is 0 Å². The Morgan fingerprint density at radius 2 is 1.63 bits per heavy atom. The molecule has 0 saturated heterocycles. The number of hydrogen-bond donors (Lipinski definition) is 0. The molecule has 1 aromatic heterocycles. The number of ether oxygens (including phenoxy) is 1. The SMILES string of the molecule is CCOc1ccc2c(oc3c(F)c(C)ccc32)c1F. The van der Waals surface area contributed by atoms with Crippen molar-refractivity contribution in [3.8, 4) is 5.75 Å². The van der Waals surface area contributed by atoms with Gasteiger partial charge >= 0.3 is 0 Å². The fourth-order valence-corrected chi connectivity index (χ4v) is 2.19. The Balaban J connectivity index is 2.39. The van der Waals surface area contributed by atoms with Crippen molar-refractivity contribution >= 4 is 21.9 Å². The second kappa shape index (κ2) is 4.23. The van der Waals surface area contributed by atoms with Crippen molar-refractivity contribution in [2.24, 2.45) is 0 Å². The molecule has 0 bridgehead atoms. The monoisotopic (exact) mass is 262 g/mol. The third-order valence-electron chi connectivity index (χ3n) is 3.15. The van der Waals surface area contributed by atoms with E-state index in [1.807, 2.05) is 0 Å². The van der Waals surface area contributed by atoms with Crippen LogP contribution < -0.4 is 4.74 Å². The smallest absolute Gasteiger partial charge is 0.208 e. The molecule has 2 nitrogen and oxygen atoms in total. The Labute approximate surface area is 108 Å². The largest absolute Gasteiger partial charge is 0.491 e. The van der Waals surface area contributed by atoms with E-state index in [0.29, 0.717) is 22.9 Å². The number of halogens is 2. The summed E-state index contributed by atoms with van der Waals surface area (Å²) in [4.78, 5) is 0. The van der Waals surface area contributed by atoms with Gasteiger partial charge in [-0.25, -0.2) is 4.39 Å². The van der Waals surface area contributed by atoms with Gasteiger partial charge in [0.25, 0.3) is 0 Å². The fourth-order valence-electron chi connectivity index (χ4n) is 2.19. The van der Waals surface area contributed by atoms with Gasteiger partial charge in [-0.05, 0) is 31.5 Å². The zero-order chi connectivity index (χ0) is 13.6. The number of benzene rings is 2. The number of aryl methyl sites for hydroxylation is 1. The molecule has 0 aliphatic carbocycles. The maximum Gasteiger partial charge on any atom is 0.208 e. The van der Waals surface area contributed by atoms with Crippen LogP contribution in [0.5, 0.6) is 5.75 Å². The first-order valence-electron chi connectivity index (χ1n) is 6.06. The van der Waals surface area contributed by atoms with E-state index in [1.54, 1.807) is 32.0 Å². The molecule has 0 radical (unpaired) electrons. The van der Waals surface area contributed by atoms with Crippen molar-refractivity contribution in [2.45, 2.75) is 13.8 Å². The van der Waals surface area contributed by atoms with Crippen molar-refractivity contribution in [2.75, 3.05) is 6.61 Å². The Bertz CT molecular complexity index is 775. The third-order valence-corrected chi connectivity index (χ3v) is 3.15. The summed E-state index contributed by atoms with van der Waals surface area (Å²) in [6.07, 6.45) is 0. The molecule has 0 spiro atoms. The van der Waals surface area contributed by atoms with Crippen LogP contribution in [0.1, 0.15) is 12.5 Å². The fraction of sp³-hybridized carbons (Fsp3) is 0.200. The van der Waals surface area contributed by atoms with Crippen LogP contribution in [0, 0.1) is 18.6 Å². The normalized spacial score (nSPS) is 11.4. The quantitative estimate of drug-likeness (QED) is 0.675. The first kappa shape index (κ1) is 12.0. The van der Waals surface area contributed by atoms with Crippen LogP contribution >= 0.6 is 0 Å². The van der Waals surface area contributed by atoms with Gasteiger partial charge in [0.1, 0.15) is 0 Å². The molecular weight excluding hydrogens is 250 g/mol. The minimum absolute atomic E-state index is 0.0328. The van der Waals surface area contributed by atoms with Crippen LogP contribution in [-0.4, -0.2) is 6.61 Å². The molecule has 3 rings (SSSR count). The highest BCUT2D eigenvalue weighted by Crippen LogP contribution is 2.35. The highest BCUT2D eigenvalue weighted by molar-refractivity contribution is 6.05. The van der Waals surface area contributed by atoms with Gasteiger partial charge in [-0.1, -0.05) is 12.1 Å². The van der Waals surface area contributed by atoms with Crippen molar-refractivity contribution < 1.29 is 17.9 Å². The summed E-state index contributed by atoms with van der Waals surface area (Å²) in [6, 6.07) is 6.61. The van der Waals surface area contributed by atoms with Crippen LogP contribution in [0.25, 0.3) is 21.9 Å². The molecule has 0 aliphatic rings. The second-order valence-corrected chi connectivity index (χ2v) is 4.36. The van der Waals surface area contributed by atoms with E-state index in [4.69, 9.17) is 9.15 Å². The Hall–Kier alpha value is -2.10. The Morgan fingerprint density at radius 1 is 1.00 bits per heavy atom. The molecule has 19 heavy (non-hydrogen) atoms. The summed E-state index contributed by atoms with van der Waals surface area (Å²) in [5.74, 6) is -0.926. The molecule has 0 fully saturated rings. The van der Waals surface area contributed by atoms with Gasteiger partial charge in [-0.2, -0.15) is 4.39 Å². The van der Waals surface area contributed by atoms with Crippen molar-refractivity contribution in [3.05, 3.63) is 41.5 Å². The lowest BCUT2D eigenvalue weighted by Gasteiger charge is -2.03. The summed E-state index contributed by atoms with van der Waals surface area (Å²) in [6.45, 7) is 3.77. The van der Waals surface area contributed by atoms with Crippen molar-refractivity contribution in [1.82, 2.24) is 0 Å². The molecule has 0 atom stereocenters. The van der Waals surface area contributed by atoms with Crippen LogP contribution in [-0.2, 0) is 0 Å². The van der Waals surface area contributed by atoms with E-state index < -0.39 is 11.6 Å². The van der Waals surface area contributed by atoms with Crippen molar-refractivity contribution in [3.63, 3.8) is 0 Å². The second-order valence-electron chi connectivity index (χ2n) is 4.36. The zero-order valence-corrected chi connectivity index (χ0v) is 10.6. The minimum Gasteiger partial charge on any atom is -0.491 e. The van der Waals surface area contributed by atoms with Gasteiger partial charge in [0, 0.05) is 10.8 Å². The highest BCUT2D eigenvalue weighted by atomic mass is 19.1. The summed E-state index contributed by atoms with van der Waals surface area (Å²) in [5.41, 5.74) is 0.588. The number of rotatable bonds is 2. The summed E-state index contributed by atoms with van der Waals surface area (Å²) >= 11 is 0. The third kappa shape index (κ3) is 1.67. The van der Waals surface area contributed by atoms with Crippen LogP contribution in [0.4, 0.5) is 8.78 Å². The molecule has 0 saturated carbocycles. The molecular formula is C15H12F2O2. The standard InChI is InChI=1S/C15H12F2O2/c1-3-18-11-7-6-10-9-5-4-8(2)12(16)14(9)19-15(10)13(11)17/h4-7H,3H2,1-2H3. The maximum absolute atomic E-state index is 14.2. The van der Waals surface area contributed by atoms with E-state index in [9.17, 15) is 8.78 Å². The number of hydrogen-bond acceptors (Lipinski definition) is 2. The van der Waals surface area contributed by atoms with Crippen LogP contribution in [0.3, 0.4) is 0 Å². The van der Waals surface area contributed by atoms with Crippen molar-refractivity contribution in [1.29, 1.82) is 0 Å². The van der Waals surface area contributed by atoms with Crippen LogP contribution in [0.15, 0.2) is 28.7 Å². The molecule has 2 aromatic carbocycles. The molecule has 0 amide bonds. The van der Waals surface area contributed by atoms with Gasteiger partial charge in [-0.15, -0.1) is 0 Å². The van der Waals surface area contributed by atoms with E-state index in [-0.39, 0.29) is 16.9 Å². The van der Waals surface area contributed by atoms with Crippen LogP contribution in [0.2, 0.25) is 0 Å². The topological polar surface area (TPSA) is 22.4 Å². The van der Waals surface area contributed by atoms with Gasteiger partial charge in [-0.3, -0.25) is 0 Å². The average Bonchev–Trinajstić information content (AvgIpc) is 2.78. The number of fused-ring (bicyclic) bond motifs is 3. The van der Waals surface area contributed by atoms with E-state index in [1.165, 1.54) is 6.07 Å². The molecule has 0 N–H and O–H groups in total. The molecule has 4 heteroatoms. The molecule has 1 heterocycles. The Morgan fingerprint density at radius 3 is 2.32 bits per heavy atom. The zero-order valence-electron chi connectivity index (χ0n) is 10.6. The molecule has 0 aliphatic heterocycles. The first-order chi connectivity index (χ1) is 9.13. The lowest BCUT2D eigenvalue weighted by atomic mass is 10.1. The van der Waals surface area contributed by atoms with Gasteiger partial charge in [0.15, 0.2) is 22.7 Å². The average molecular weight is 262 g/mol. The number of furan rings is 1. The van der Waals surface area contributed by atoms with E-state index in [2.05, 4.69) is 0 Å². The van der Waals surface area contributed by atoms with E-state index >= 15 is 0 Å². The minimum atomic E-state index is -0.590. The lowest BCUT2D eigenvalue weighted by molar-refractivity contribution is 0.321. The predicted octanol–water partition coefficient (Wildman–Crippen LogP) is 4.57. The maximum atomic E-state index is 14.2. The molecule has 3 aromatic rings.